The Bertz CT molecular complexity index is 376. The van der Waals surface area contributed by atoms with Crippen molar-refractivity contribution in [2.24, 2.45) is 0 Å². The van der Waals surface area contributed by atoms with Crippen LogP contribution in [0.2, 0.25) is 0 Å². The number of benzene rings is 1. The molecule has 1 aromatic rings. The largest absolute Gasteiger partial charge is 0.504 e. The van der Waals surface area contributed by atoms with Crippen LogP contribution in [0.3, 0.4) is 0 Å². The molecule has 1 aromatic carbocycles. The van der Waals surface area contributed by atoms with Gasteiger partial charge in [-0.15, -0.1) is 0 Å². The molecule has 0 radical (unpaired) electrons. The molecule has 1 heterocycles. The van der Waals surface area contributed by atoms with Crippen molar-refractivity contribution < 1.29 is 10.2 Å². The molecule has 100 valence electrons. The predicted molar refractivity (Wildman–Crippen MR) is 69.9 cm³/mol. The van der Waals surface area contributed by atoms with Gasteiger partial charge in [-0.1, -0.05) is 12.8 Å². The predicted octanol–water partition coefficient (Wildman–Crippen LogP) is 0.992. The first-order chi connectivity index (χ1) is 8.77. The molecule has 0 aromatic heterocycles. The first-order valence-electron chi connectivity index (χ1n) is 6.30. The van der Waals surface area contributed by atoms with E-state index in [4.69, 9.17) is 0 Å². The maximum atomic E-state index is 9.52. The second kappa shape index (κ2) is 6.44. The van der Waals surface area contributed by atoms with Crippen molar-refractivity contribution in [1.82, 2.24) is 16.5 Å². The average molecular weight is 252 g/mol. The molecule has 1 aliphatic heterocycles. The van der Waals surface area contributed by atoms with Gasteiger partial charge in [-0.2, -0.15) is 11.1 Å². The van der Waals surface area contributed by atoms with E-state index in [1.54, 1.807) is 6.07 Å². The molecule has 0 unspecified atom stereocenters. The van der Waals surface area contributed by atoms with Gasteiger partial charge in [0.15, 0.2) is 11.5 Å². The number of anilines is 1. The highest BCUT2D eigenvalue weighted by atomic mass is 16.3. The fourth-order valence-electron chi connectivity index (χ4n) is 1.94. The van der Waals surface area contributed by atoms with Crippen LogP contribution in [0.4, 0.5) is 5.69 Å². The first kappa shape index (κ1) is 12.9. The zero-order valence-electron chi connectivity index (χ0n) is 10.3. The van der Waals surface area contributed by atoms with Crippen LogP contribution in [-0.4, -0.2) is 23.3 Å². The minimum absolute atomic E-state index is 0.106. The molecule has 6 nitrogen and oxygen atoms in total. The summed E-state index contributed by atoms with van der Waals surface area (Å²) in [6, 6.07) is 4.78. The van der Waals surface area contributed by atoms with Crippen molar-refractivity contribution in [1.29, 1.82) is 0 Å². The monoisotopic (exact) mass is 252 g/mol. The van der Waals surface area contributed by atoms with Crippen LogP contribution in [0.1, 0.15) is 25.7 Å². The van der Waals surface area contributed by atoms with E-state index in [0.29, 0.717) is 0 Å². The van der Waals surface area contributed by atoms with Gasteiger partial charge in [0.2, 0.25) is 0 Å². The third kappa shape index (κ3) is 3.49. The van der Waals surface area contributed by atoms with E-state index in [9.17, 15) is 10.2 Å². The van der Waals surface area contributed by atoms with Gasteiger partial charge in [-0.25, -0.2) is 5.43 Å². The maximum Gasteiger partial charge on any atom is 0.159 e. The number of hydrogen-bond donors (Lipinski definition) is 5. The number of phenolic OH excluding ortho intramolecular Hbond substituents is 2. The van der Waals surface area contributed by atoms with Crippen molar-refractivity contribution in [3.05, 3.63) is 18.2 Å². The smallest absolute Gasteiger partial charge is 0.159 e. The third-order valence-corrected chi connectivity index (χ3v) is 2.98. The number of hydrazine groups is 3. The lowest BCUT2D eigenvalue weighted by molar-refractivity contribution is 0.386. The molecule has 1 saturated heterocycles. The van der Waals surface area contributed by atoms with Crippen LogP contribution in [0.5, 0.6) is 11.5 Å². The molecule has 1 fully saturated rings. The zero-order valence-corrected chi connectivity index (χ0v) is 10.3. The lowest BCUT2D eigenvalue weighted by Gasteiger charge is -2.27. The van der Waals surface area contributed by atoms with Crippen LogP contribution >= 0.6 is 0 Å². The van der Waals surface area contributed by atoms with E-state index >= 15 is 0 Å². The Labute approximate surface area is 107 Å². The van der Waals surface area contributed by atoms with Crippen LogP contribution in [-0.2, 0) is 0 Å². The summed E-state index contributed by atoms with van der Waals surface area (Å²) in [5.74, 6) is -0.217. The maximum absolute atomic E-state index is 9.52. The zero-order chi connectivity index (χ0) is 12.8. The standard InChI is InChI=1S/C12H20N4O2/c17-11-6-5-10(9-12(11)18)16-8-4-2-1-3-7-13-14-15-16/h5-6,9,13-15,17-18H,1-4,7-8H2. The summed E-state index contributed by atoms with van der Waals surface area (Å²) in [7, 11) is 0. The minimum Gasteiger partial charge on any atom is -0.504 e. The summed E-state index contributed by atoms with van der Waals surface area (Å²) in [5.41, 5.74) is 9.82. The Morgan fingerprint density at radius 3 is 2.67 bits per heavy atom. The summed E-state index contributed by atoms with van der Waals surface area (Å²) >= 11 is 0. The molecule has 6 heteroatoms. The molecule has 0 bridgehead atoms. The highest BCUT2D eigenvalue weighted by Gasteiger charge is 2.09. The molecule has 0 spiro atoms. The van der Waals surface area contributed by atoms with Gasteiger partial charge in [0.25, 0.3) is 0 Å². The number of nitrogens with one attached hydrogen (secondary N) is 3. The van der Waals surface area contributed by atoms with Gasteiger partial charge in [0, 0.05) is 19.2 Å². The van der Waals surface area contributed by atoms with Crippen molar-refractivity contribution in [2.45, 2.75) is 25.7 Å². The molecular formula is C12H20N4O2. The third-order valence-electron chi connectivity index (χ3n) is 2.98. The van der Waals surface area contributed by atoms with Crippen molar-refractivity contribution in [2.75, 3.05) is 18.1 Å². The van der Waals surface area contributed by atoms with Crippen LogP contribution < -0.4 is 21.5 Å². The lowest BCUT2D eigenvalue weighted by Crippen LogP contribution is -2.54. The SMILES string of the molecule is Oc1ccc(N2CCCCCCNNN2)cc1O. The Hall–Kier alpha value is -1.50. The van der Waals surface area contributed by atoms with E-state index in [0.717, 1.165) is 31.6 Å². The summed E-state index contributed by atoms with van der Waals surface area (Å²) in [6.07, 6.45) is 4.64. The second-order valence-corrected chi connectivity index (χ2v) is 4.40. The second-order valence-electron chi connectivity index (χ2n) is 4.40. The quantitative estimate of drug-likeness (QED) is 0.480. The molecule has 0 aliphatic carbocycles. The normalized spacial score (nSPS) is 18.6. The van der Waals surface area contributed by atoms with Gasteiger partial charge in [0.1, 0.15) is 0 Å². The molecule has 2 rings (SSSR count). The van der Waals surface area contributed by atoms with E-state index in [1.807, 2.05) is 5.01 Å². The van der Waals surface area contributed by atoms with Gasteiger partial charge in [-0.3, -0.25) is 5.01 Å². The number of rotatable bonds is 1. The highest BCUT2D eigenvalue weighted by molar-refractivity contribution is 5.54. The number of phenols is 2. The highest BCUT2D eigenvalue weighted by Crippen LogP contribution is 2.28. The summed E-state index contributed by atoms with van der Waals surface area (Å²) < 4.78 is 0. The Morgan fingerprint density at radius 2 is 1.83 bits per heavy atom. The van der Waals surface area contributed by atoms with Crippen LogP contribution in [0, 0.1) is 0 Å². The topological polar surface area (TPSA) is 79.8 Å². The summed E-state index contributed by atoms with van der Waals surface area (Å²) in [4.78, 5) is 0. The van der Waals surface area contributed by atoms with Gasteiger partial charge >= 0.3 is 0 Å². The number of hydrogen-bond acceptors (Lipinski definition) is 6. The van der Waals surface area contributed by atoms with Crippen molar-refractivity contribution >= 4 is 5.69 Å². The van der Waals surface area contributed by atoms with E-state index < -0.39 is 0 Å². The summed E-state index contributed by atoms with van der Waals surface area (Å²) in [6.45, 7) is 1.75. The fourth-order valence-corrected chi connectivity index (χ4v) is 1.94. The fraction of sp³-hybridized carbons (Fsp3) is 0.500. The van der Waals surface area contributed by atoms with Gasteiger partial charge in [-0.05, 0) is 25.0 Å². The summed E-state index contributed by atoms with van der Waals surface area (Å²) in [5, 5.41) is 20.7. The molecular weight excluding hydrogens is 232 g/mol. The molecule has 0 amide bonds. The lowest BCUT2D eigenvalue weighted by atomic mass is 10.2. The number of nitrogens with zero attached hydrogens (tertiary/aromatic N) is 1. The Morgan fingerprint density at radius 1 is 1.00 bits per heavy atom. The Balaban J connectivity index is 2.04. The minimum atomic E-state index is -0.112. The molecule has 5 N–H and O–H groups in total. The van der Waals surface area contributed by atoms with E-state index in [2.05, 4.69) is 16.5 Å². The molecule has 1 aliphatic rings. The number of aromatic hydroxyl groups is 2. The van der Waals surface area contributed by atoms with Crippen LogP contribution in [0.25, 0.3) is 0 Å². The van der Waals surface area contributed by atoms with E-state index in [1.165, 1.54) is 25.0 Å². The Kier molecular flexibility index (Phi) is 4.63. The molecule has 0 atom stereocenters. The van der Waals surface area contributed by atoms with Crippen LogP contribution in [0.15, 0.2) is 18.2 Å². The first-order valence-corrected chi connectivity index (χ1v) is 6.30. The van der Waals surface area contributed by atoms with Gasteiger partial charge < -0.3 is 10.2 Å². The van der Waals surface area contributed by atoms with Gasteiger partial charge in [0.05, 0.1) is 5.69 Å². The van der Waals surface area contributed by atoms with Crippen molar-refractivity contribution in [3.8, 4) is 11.5 Å². The average Bonchev–Trinajstić information content (AvgIpc) is 2.39. The van der Waals surface area contributed by atoms with Crippen molar-refractivity contribution in [3.63, 3.8) is 0 Å². The molecule has 18 heavy (non-hydrogen) atoms. The van der Waals surface area contributed by atoms with E-state index in [-0.39, 0.29) is 11.5 Å². The molecule has 0 saturated carbocycles.